The quantitative estimate of drug-likeness (QED) is 0.485. The van der Waals surface area contributed by atoms with E-state index in [0.29, 0.717) is 10.0 Å². The first-order chi connectivity index (χ1) is 14.6. The third kappa shape index (κ3) is 8.61. The second-order valence-electron chi connectivity index (χ2n) is 9.53. The Kier molecular flexibility index (Phi) is 12.0. The minimum atomic E-state index is -0.0322. The number of rotatable bonds is 6. The molecule has 0 unspecified atom stereocenters. The predicted molar refractivity (Wildman–Crippen MR) is 145 cm³/mol. The largest absolute Gasteiger partial charge is 0.347 e. The van der Waals surface area contributed by atoms with Gasteiger partial charge in [0.2, 0.25) is 0 Å². The van der Waals surface area contributed by atoms with Gasteiger partial charge in [-0.05, 0) is 41.7 Å². The van der Waals surface area contributed by atoms with Crippen LogP contribution in [0.3, 0.4) is 0 Å². The van der Waals surface area contributed by atoms with Crippen LogP contribution in [0.25, 0.3) is 0 Å². The Balaban J connectivity index is 0.00000272. The van der Waals surface area contributed by atoms with E-state index in [1.165, 1.54) is 5.56 Å². The monoisotopic (exact) mass is 533 g/mol. The third-order valence-electron chi connectivity index (χ3n) is 6.04. The molecular weight excluding hydrogens is 500 g/mol. The molecule has 0 spiro atoms. The van der Waals surface area contributed by atoms with Gasteiger partial charge in [0.05, 0.1) is 10.0 Å². The predicted octanol–water partition coefficient (Wildman–Crippen LogP) is 6.11. The van der Waals surface area contributed by atoms with Crippen LogP contribution in [-0.4, -0.2) is 54.5 Å². The molecule has 1 aliphatic rings. The third-order valence-corrected chi connectivity index (χ3v) is 6.78. The molecule has 2 aromatic carbocycles. The summed E-state index contributed by atoms with van der Waals surface area (Å²) in [6.45, 7) is 14.2. The molecule has 8 heteroatoms. The van der Waals surface area contributed by atoms with Gasteiger partial charge in [-0.1, -0.05) is 68.2 Å². The van der Waals surface area contributed by atoms with Gasteiger partial charge in [-0.25, -0.2) is 0 Å². The molecule has 0 aliphatic carbocycles. The number of carbonyl (C=O) groups excluding carboxylic acids is 1. The number of nitrogens with one attached hydrogen (secondary N) is 1. The molecule has 0 saturated carbocycles. The number of amides is 1. The highest BCUT2D eigenvalue weighted by Gasteiger charge is 2.30. The molecule has 1 aliphatic heterocycles. The molecule has 2 aromatic rings. The number of benzene rings is 2. The van der Waals surface area contributed by atoms with Crippen molar-refractivity contribution < 1.29 is 4.79 Å². The Morgan fingerprint density at radius 3 is 2.15 bits per heavy atom. The molecule has 1 amide bonds. The first-order valence-corrected chi connectivity index (χ1v) is 11.6. The van der Waals surface area contributed by atoms with Crippen molar-refractivity contribution in [2.45, 2.75) is 40.3 Å². The Morgan fingerprint density at radius 2 is 1.58 bits per heavy atom. The maximum absolute atomic E-state index is 12.9. The van der Waals surface area contributed by atoms with Gasteiger partial charge in [-0.15, -0.1) is 24.8 Å². The molecule has 0 aromatic heterocycles. The van der Waals surface area contributed by atoms with Crippen LogP contribution in [0.1, 0.15) is 42.3 Å². The number of hydrogen-bond donors (Lipinski definition) is 1. The topological polar surface area (TPSA) is 35.6 Å². The van der Waals surface area contributed by atoms with Gasteiger partial charge >= 0.3 is 0 Å². The second kappa shape index (κ2) is 13.2. The molecule has 0 radical (unpaired) electrons. The smallest absolute Gasteiger partial charge is 0.251 e. The molecule has 1 atom stereocenters. The summed E-state index contributed by atoms with van der Waals surface area (Å²) in [7, 11) is 0. The Labute approximate surface area is 220 Å². The Hall–Kier alpha value is -1.01. The van der Waals surface area contributed by atoms with Gasteiger partial charge in [0.25, 0.3) is 5.91 Å². The van der Waals surface area contributed by atoms with E-state index in [9.17, 15) is 4.79 Å². The van der Waals surface area contributed by atoms with Gasteiger partial charge in [0, 0.05) is 50.9 Å². The van der Waals surface area contributed by atoms with Crippen LogP contribution >= 0.6 is 48.0 Å². The van der Waals surface area contributed by atoms with Crippen LogP contribution in [0, 0.1) is 12.3 Å². The van der Waals surface area contributed by atoms with Crippen molar-refractivity contribution in [3.8, 4) is 0 Å². The summed E-state index contributed by atoms with van der Waals surface area (Å²) in [6.07, 6.45) is 0. The van der Waals surface area contributed by atoms with Crippen LogP contribution in [0.15, 0.2) is 42.5 Å². The van der Waals surface area contributed by atoms with Crippen molar-refractivity contribution in [1.29, 1.82) is 0 Å². The SMILES string of the molecule is Cc1ccccc1C(=O)N[C@H](CN1CCN(Cc2ccc(Cl)c(Cl)c2)CC1)C(C)(C)C.Cl.Cl. The van der Waals surface area contributed by atoms with Gasteiger partial charge in [-0.3, -0.25) is 14.6 Å². The first-order valence-electron chi connectivity index (χ1n) is 10.9. The summed E-state index contributed by atoms with van der Waals surface area (Å²) >= 11 is 12.2. The van der Waals surface area contributed by atoms with Gasteiger partial charge in [0.1, 0.15) is 0 Å². The summed E-state index contributed by atoms with van der Waals surface area (Å²) in [5, 5.41) is 4.50. The molecule has 0 bridgehead atoms. The fourth-order valence-corrected chi connectivity index (χ4v) is 4.20. The van der Waals surface area contributed by atoms with E-state index in [4.69, 9.17) is 23.2 Å². The number of aryl methyl sites for hydroxylation is 1. The maximum atomic E-state index is 12.9. The number of halogens is 4. The molecular formula is C25H35Cl4N3O. The molecule has 1 N–H and O–H groups in total. The lowest BCUT2D eigenvalue weighted by molar-refractivity contribution is 0.0790. The summed E-state index contributed by atoms with van der Waals surface area (Å²) in [6, 6.07) is 13.7. The van der Waals surface area contributed by atoms with Crippen molar-refractivity contribution in [1.82, 2.24) is 15.1 Å². The number of hydrogen-bond acceptors (Lipinski definition) is 3. The lowest BCUT2D eigenvalue weighted by Crippen LogP contribution is -2.54. The summed E-state index contributed by atoms with van der Waals surface area (Å²) in [5.41, 5.74) is 2.91. The van der Waals surface area contributed by atoms with E-state index >= 15 is 0 Å². The normalized spacial score (nSPS) is 15.8. The highest BCUT2D eigenvalue weighted by atomic mass is 35.5. The van der Waals surface area contributed by atoms with E-state index in [1.54, 1.807) is 0 Å². The van der Waals surface area contributed by atoms with Crippen molar-refractivity contribution >= 4 is 53.9 Å². The summed E-state index contributed by atoms with van der Waals surface area (Å²) in [5.74, 6) is 0.0104. The second-order valence-corrected chi connectivity index (χ2v) is 10.3. The average Bonchev–Trinajstić information content (AvgIpc) is 2.71. The van der Waals surface area contributed by atoms with Crippen molar-refractivity contribution in [2.75, 3.05) is 32.7 Å². The molecule has 4 nitrogen and oxygen atoms in total. The first kappa shape index (κ1) is 30.0. The van der Waals surface area contributed by atoms with Crippen LogP contribution in [-0.2, 0) is 6.54 Å². The van der Waals surface area contributed by atoms with E-state index in [0.717, 1.165) is 50.4 Å². The summed E-state index contributed by atoms with van der Waals surface area (Å²) in [4.78, 5) is 17.8. The maximum Gasteiger partial charge on any atom is 0.251 e. The van der Waals surface area contributed by atoms with Gasteiger partial charge in [-0.2, -0.15) is 0 Å². The highest BCUT2D eigenvalue weighted by Crippen LogP contribution is 2.24. The Morgan fingerprint density at radius 1 is 0.970 bits per heavy atom. The van der Waals surface area contributed by atoms with Gasteiger partial charge < -0.3 is 5.32 Å². The molecule has 1 heterocycles. The minimum absolute atomic E-state index is 0. The Bertz CT molecular complexity index is 909. The highest BCUT2D eigenvalue weighted by molar-refractivity contribution is 6.42. The number of carbonyl (C=O) groups is 1. The van der Waals surface area contributed by atoms with Gasteiger partial charge in [0.15, 0.2) is 0 Å². The number of nitrogens with zero attached hydrogens (tertiary/aromatic N) is 2. The van der Waals surface area contributed by atoms with Crippen molar-refractivity contribution in [3.63, 3.8) is 0 Å². The average molecular weight is 535 g/mol. The number of piperazine rings is 1. The zero-order valence-corrected chi connectivity index (χ0v) is 22.9. The zero-order valence-electron chi connectivity index (χ0n) is 19.7. The molecule has 1 fully saturated rings. The lowest BCUT2D eigenvalue weighted by atomic mass is 9.86. The minimum Gasteiger partial charge on any atom is -0.347 e. The molecule has 1 saturated heterocycles. The van der Waals surface area contributed by atoms with Crippen molar-refractivity contribution in [3.05, 3.63) is 69.2 Å². The fraction of sp³-hybridized carbons (Fsp3) is 0.480. The van der Waals surface area contributed by atoms with E-state index in [-0.39, 0.29) is 42.2 Å². The van der Waals surface area contributed by atoms with Crippen LogP contribution in [0.5, 0.6) is 0 Å². The van der Waals surface area contributed by atoms with Crippen LogP contribution < -0.4 is 5.32 Å². The molecule has 33 heavy (non-hydrogen) atoms. The fourth-order valence-electron chi connectivity index (χ4n) is 3.88. The lowest BCUT2D eigenvalue weighted by Gasteiger charge is -2.40. The van der Waals surface area contributed by atoms with Crippen molar-refractivity contribution in [2.24, 2.45) is 5.41 Å². The summed E-state index contributed by atoms with van der Waals surface area (Å²) < 4.78 is 0. The zero-order chi connectivity index (χ0) is 22.6. The standard InChI is InChI=1S/C25H33Cl2N3O.2ClH/c1-18-7-5-6-8-20(18)24(31)28-23(25(2,3)4)17-30-13-11-29(12-14-30)16-19-9-10-21(26)22(27)15-19;;/h5-10,15,23H,11-14,16-17H2,1-4H3,(H,28,31);2*1H/t23-;;/m1../s1. The van der Waals surface area contributed by atoms with Crippen LogP contribution in [0.2, 0.25) is 10.0 Å². The molecule has 3 rings (SSSR count). The van der Waals surface area contributed by atoms with E-state index < -0.39 is 0 Å². The van der Waals surface area contributed by atoms with E-state index in [2.05, 4.69) is 35.9 Å². The molecule has 184 valence electrons. The van der Waals surface area contributed by atoms with Crippen LogP contribution in [0.4, 0.5) is 0 Å². The van der Waals surface area contributed by atoms with E-state index in [1.807, 2.05) is 49.4 Å².